The van der Waals surface area contributed by atoms with Gasteiger partial charge in [0.25, 0.3) is 5.91 Å². The number of aromatic nitrogens is 2. The molecule has 5 nitrogen and oxygen atoms in total. The highest BCUT2D eigenvalue weighted by Gasteiger charge is 2.25. The van der Waals surface area contributed by atoms with E-state index in [9.17, 15) is 4.79 Å². The van der Waals surface area contributed by atoms with E-state index in [0.29, 0.717) is 24.3 Å². The van der Waals surface area contributed by atoms with Gasteiger partial charge in [0, 0.05) is 24.8 Å². The number of aryl methyl sites for hydroxylation is 1. The summed E-state index contributed by atoms with van der Waals surface area (Å²) in [5.74, 6) is 0.744. The third kappa shape index (κ3) is 3.94. The molecule has 0 unspecified atom stereocenters. The number of piperidine rings is 1. The number of nitrogens with zero attached hydrogens (tertiary/aromatic N) is 3. The lowest BCUT2D eigenvalue weighted by Crippen LogP contribution is -2.36. The van der Waals surface area contributed by atoms with Gasteiger partial charge in [-0.15, -0.1) is 0 Å². The van der Waals surface area contributed by atoms with Gasteiger partial charge in [-0.2, -0.15) is 5.10 Å². The summed E-state index contributed by atoms with van der Waals surface area (Å²) in [6, 6.07) is 15.8. The second kappa shape index (κ2) is 7.95. The molecule has 3 aromatic rings. The van der Waals surface area contributed by atoms with Crippen LogP contribution in [-0.2, 0) is 0 Å². The molecule has 1 aliphatic rings. The molecular formula is C24H25N3O2. The SMILES string of the molecule is C=C1CCN(C(=O)c2cn(-c3ccc(C)cc3)nc2-c2cccc(OC)c2)CC1. The average molecular weight is 387 g/mol. The number of likely N-dealkylation sites (tertiary alicyclic amines) is 1. The summed E-state index contributed by atoms with van der Waals surface area (Å²) in [7, 11) is 1.64. The maximum Gasteiger partial charge on any atom is 0.257 e. The molecule has 4 rings (SSSR count). The van der Waals surface area contributed by atoms with Gasteiger partial charge < -0.3 is 9.64 Å². The second-order valence-corrected chi connectivity index (χ2v) is 7.45. The molecule has 1 aromatic heterocycles. The Hall–Kier alpha value is -3.34. The summed E-state index contributed by atoms with van der Waals surface area (Å²) >= 11 is 0. The van der Waals surface area contributed by atoms with Crippen LogP contribution in [0.2, 0.25) is 0 Å². The molecule has 2 aromatic carbocycles. The summed E-state index contributed by atoms with van der Waals surface area (Å²) < 4.78 is 7.15. The van der Waals surface area contributed by atoms with Crippen LogP contribution in [0, 0.1) is 6.92 Å². The number of carbonyl (C=O) groups is 1. The van der Waals surface area contributed by atoms with Gasteiger partial charge in [-0.1, -0.05) is 42.0 Å². The van der Waals surface area contributed by atoms with Gasteiger partial charge in [0.15, 0.2) is 0 Å². The van der Waals surface area contributed by atoms with Crippen molar-refractivity contribution in [1.29, 1.82) is 0 Å². The van der Waals surface area contributed by atoms with E-state index in [-0.39, 0.29) is 5.91 Å². The highest BCUT2D eigenvalue weighted by Crippen LogP contribution is 2.29. The van der Waals surface area contributed by atoms with Crippen molar-refractivity contribution in [2.45, 2.75) is 19.8 Å². The number of rotatable bonds is 4. The maximum atomic E-state index is 13.4. The summed E-state index contributed by atoms with van der Waals surface area (Å²) in [5.41, 5.74) is 5.44. The quantitative estimate of drug-likeness (QED) is 0.612. The molecule has 0 atom stereocenters. The topological polar surface area (TPSA) is 47.4 Å². The molecule has 0 spiro atoms. The number of hydrogen-bond donors (Lipinski definition) is 0. The molecular weight excluding hydrogens is 362 g/mol. The van der Waals surface area contributed by atoms with Gasteiger partial charge in [0.1, 0.15) is 11.4 Å². The van der Waals surface area contributed by atoms with Crippen molar-refractivity contribution >= 4 is 5.91 Å². The van der Waals surface area contributed by atoms with E-state index in [1.165, 1.54) is 11.1 Å². The number of hydrogen-bond acceptors (Lipinski definition) is 3. The van der Waals surface area contributed by atoms with Crippen LogP contribution in [-0.4, -0.2) is 40.8 Å². The van der Waals surface area contributed by atoms with Crippen molar-refractivity contribution < 1.29 is 9.53 Å². The molecule has 1 amide bonds. The molecule has 1 fully saturated rings. The Morgan fingerprint density at radius 1 is 1.10 bits per heavy atom. The van der Waals surface area contributed by atoms with E-state index in [1.54, 1.807) is 11.8 Å². The summed E-state index contributed by atoms with van der Waals surface area (Å²) in [4.78, 5) is 15.3. The number of ether oxygens (including phenoxy) is 1. The number of methoxy groups -OCH3 is 1. The number of amides is 1. The maximum absolute atomic E-state index is 13.4. The minimum absolute atomic E-state index is 0.00804. The number of benzene rings is 2. The normalized spacial score (nSPS) is 14.1. The molecule has 0 N–H and O–H groups in total. The largest absolute Gasteiger partial charge is 0.497 e. The minimum atomic E-state index is 0.00804. The third-order valence-corrected chi connectivity index (χ3v) is 5.34. The zero-order valence-electron chi connectivity index (χ0n) is 16.9. The molecule has 0 saturated carbocycles. The van der Waals surface area contributed by atoms with Gasteiger partial charge in [0.05, 0.1) is 18.4 Å². The summed E-state index contributed by atoms with van der Waals surface area (Å²) in [5, 5.41) is 4.78. The Morgan fingerprint density at radius 3 is 2.52 bits per heavy atom. The monoisotopic (exact) mass is 387 g/mol. The zero-order chi connectivity index (χ0) is 20.4. The second-order valence-electron chi connectivity index (χ2n) is 7.45. The lowest BCUT2D eigenvalue weighted by Gasteiger charge is -2.28. The summed E-state index contributed by atoms with van der Waals surface area (Å²) in [6.45, 7) is 7.50. The molecule has 1 saturated heterocycles. The molecule has 5 heteroatoms. The fourth-order valence-corrected chi connectivity index (χ4v) is 3.54. The highest BCUT2D eigenvalue weighted by atomic mass is 16.5. The Kier molecular flexibility index (Phi) is 5.21. The highest BCUT2D eigenvalue weighted by molar-refractivity contribution is 6.00. The average Bonchev–Trinajstić information content (AvgIpc) is 3.20. The van der Waals surface area contributed by atoms with Crippen LogP contribution in [0.25, 0.3) is 16.9 Å². The minimum Gasteiger partial charge on any atom is -0.497 e. The van der Waals surface area contributed by atoms with Gasteiger partial charge in [-0.25, -0.2) is 4.68 Å². The van der Waals surface area contributed by atoms with E-state index in [0.717, 1.165) is 29.8 Å². The van der Waals surface area contributed by atoms with E-state index in [1.807, 2.05) is 66.6 Å². The fraction of sp³-hybridized carbons (Fsp3) is 0.250. The van der Waals surface area contributed by atoms with Gasteiger partial charge in [-0.3, -0.25) is 4.79 Å². The van der Waals surface area contributed by atoms with E-state index in [2.05, 4.69) is 6.58 Å². The first-order chi connectivity index (χ1) is 14.0. The van der Waals surface area contributed by atoms with Gasteiger partial charge in [-0.05, 0) is 44.0 Å². The Morgan fingerprint density at radius 2 is 1.83 bits per heavy atom. The molecule has 0 radical (unpaired) electrons. The first-order valence-electron chi connectivity index (χ1n) is 9.82. The van der Waals surface area contributed by atoms with Crippen LogP contribution in [0.3, 0.4) is 0 Å². The van der Waals surface area contributed by atoms with Crippen molar-refractivity contribution in [1.82, 2.24) is 14.7 Å². The number of carbonyl (C=O) groups excluding carboxylic acids is 1. The smallest absolute Gasteiger partial charge is 0.257 e. The van der Waals surface area contributed by atoms with Crippen LogP contribution in [0.4, 0.5) is 0 Å². The predicted octanol–water partition coefficient (Wildman–Crippen LogP) is 4.65. The van der Waals surface area contributed by atoms with E-state index >= 15 is 0 Å². The van der Waals surface area contributed by atoms with Crippen molar-refractivity contribution in [2.24, 2.45) is 0 Å². The van der Waals surface area contributed by atoms with Crippen molar-refractivity contribution in [3.63, 3.8) is 0 Å². The van der Waals surface area contributed by atoms with Crippen LogP contribution >= 0.6 is 0 Å². The Bertz CT molecular complexity index is 1040. The lowest BCUT2D eigenvalue weighted by atomic mass is 10.0. The first kappa shape index (κ1) is 19.0. The van der Waals surface area contributed by atoms with Gasteiger partial charge >= 0.3 is 0 Å². The fourth-order valence-electron chi connectivity index (χ4n) is 3.54. The van der Waals surface area contributed by atoms with Gasteiger partial charge in [0.2, 0.25) is 0 Å². The first-order valence-corrected chi connectivity index (χ1v) is 9.82. The molecule has 0 bridgehead atoms. The van der Waals surface area contributed by atoms with E-state index < -0.39 is 0 Å². The molecule has 148 valence electrons. The van der Waals surface area contributed by atoms with Crippen LogP contribution in [0.5, 0.6) is 5.75 Å². The molecule has 29 heavy (non-hydrogen) atoms. The van der Waals surface area contributed by atoms with Crippen LogP contribution < -0.4 is 4.74 Å². The van der Waals surface area contributed by atoms with Crippen LogP contribution in [0.15, 0.2) is 66.9 Å². The zero-order valence-corrected chi connectivity index (χ0v) is 16.9. The molecule has 1 aliphatic heterocycles. The molecule has 0 aliphatic carbocycles. The Balaban J connectivity index is 1.78. The summed E-state index contributed by atoms with van der Waals surface area (Å²) in [6.07, 6.45) is 3.55. The third-order valence-electron chi connectivity index (χ3n) is 5.34. The van der Waals surface area contributed by atoms with Crippen LogP contribution in [0.1, 0.15) is 28.8 Å². The lowest BCUT2D eigenvalue weighted by molar-refractivity contribution is 0.0744. The van der Waals surface area contributed by atoms with Crippen molar-refractivity contribution in [3.8, 4) is 22.7 Å². The molecule has 2 heterocycles. The van der Waals surface area contributed by atoms with Crippen molar-refractivity contribution in [2.75, 3.05) is 20.2 Å². The van der Waals surface area contributed by atoms with E-state index in [4.69, 9.17) is 9.84 Å². The Labute approximate surface area is 171 Å². The standard InChI is InChI=1S/C24H25N3O2/c1-17-7-9-20(10-8-17)27-16-22(24(28)26-13-11-18(2)12-14-26)23(25-27)19-5-4-6-21(15-19)29-3/h4-10,15-16H,2,11-14H2,1,3H3. The predicted molar refractivity (Wildman–Crippen MR) is 115 cm³/mol. The van der Waals surface area contributed by atoms with Crippen molar-refractivity contribution in [3.05, 3.63) is 78.0 Å².